The first kappa shape index (κ1) is 17.6. The van der Waals surface area contributed by atoms with E-state index in [-0.39, 0.29) is 11.0 Å². The Bertz CT molecular complexity index is 639. The molecule has 0 N–H and O–H groups in total. The lowest BCUT2D eigenvalue weighted by Crippen LogP contribution is -2.09. The highest BCUT2D eigenvalue weighted by Crippen LogP contribution is 2.23. The summed E-state index contributed by atoms with van der Waals surface area (Å²) in [6, 6.07) is 14.5. The molecule has 2 nitrogen and oxygen atoms in total. The van der Waals surface area contributed by atoms with Crippen molar-refractivity contribution in [2.75, 3.05) is 5.75 Å². The molecule has 23 heavy (non-hydrogen) atoms. The zero-order valence-corrected chi connectivity index (χ0v) is 14.0. The molecule has 0 saturated heterocycles. The van der Waals surface area contributed by atoms with E-state index in [2.05, 4.69) is 4.74 Å². The zero-order chi connectivity index (χ0) is 16.8. The topological polar surface area (TPSA) is 26.3 Å². The summed E-state index contributed by atoms with van der Waals surface area (Å²) in [5.41, 5.74) is 3.22. The van der Waals surface area contributed by atoms with Crippen molar-refractivity contribution < 1.29 is 17.7 Å². The maximum absolute atomic E-state index is 12.4. The van der Waals surface area contributed by atoms with Crippen LogP contribution in [-0.2, 0) is 17.2 Å². The predicted molar refractivity (Wildman–Crippen MR) is 89.4 cm³/mol. The third-order valence-corrected chi connectivity index (χ3v) is 5.35. The Morgan fingerprint density at radius 3 is 2.22 bits per heavy atom. The summed E-state index contributed by atoms with van der Waals surface area (Å²) in [7, 11) is -1.03. The van der Waals surface area contributed by atoms with Crippen LogP contribution in [0.3, 0.4) is 0 Å². The summed E-state index contributed by atoms with van der Waals surface area (Å²) in [6.45, 7) is 1.08. The number of ether oxygens (including phenoxy) is 1. The molecule has 0 aliphatic carbocycles. The second-order valence-electron chi connectivity index (χ2n) is 5.41. The fraction of sp³-hybridized carbons (Fsp3) is 0.333. The van der Waals surface area contributed by atoms with Gasteiger partial charge in [0.25, 0.3) is 0 Å². The number of alkyl halides is 2. The fourth-order valence-corrected chi connectivity index (χ4v) is 3.47. The fourth-order valence-electron chi connectivity index (χ4n) is 2.22. The van der Waals surface area contributed by atoms with Gasteiger partial charge in [-0.15, -0.1) is 0 Å². The minimum Gasteiger partial charge on any atom is -0.435 e. The molecule has 0 saturated carbocycles. The molecule has 0 amide bonds. The molecule has 0 aliphatic heterocycles. The van der Waals surface area contributed by atoms with E-state index in [1.54, 1.807) is 12.1 Å². The molecule has 0 radical (unpaired) electrons. The highest BCUT2D eigenvalue weighted by Gasteiger charge is 2.14. The monoisotopic (exact) mass is 338 g/mol. The van der Waals surface area contributed by atoms with Gasteiger partial charge in [-0.3, -0.25) is 4.21 Å². The van der Waals surface area contributed by atoms with Crippen molar-refractivity contribution in [1.29, 1.82) is 0 Å². The van der Waals surface area contributed by atoms with E-state index in [0.29, 0.717) is 5.75 Å². The Labute approximate surface area is 137 Å². The number of benzene rings is 2. The van der Waals surface area contributed by atoms with Gasteiger partial charge in [0.1, 0.15) is 5.75 Å². The first-order valence-electron chi connectivity index (χ1n) is 7.43. The lowest BCUT2D eigenvalue weighted by molar-refractivity contribution is -0.0498. The lowest BCUT2D eigenvalue weighted by Gasteiger charge is -2.13. The molecule has 124 valence electrons. The van der Waals surface area contributed by atoms with Crippen molar-refractivity contribution in [2.24, 2.45) is 0 Å². The van der Waals surface area contributed by atoms with Gasteiger partial charge in [-0.2, -0.15) is 8.78 Å². The molecular weight excluding hydrogens is 318 g/mol. The molecule has 0 heterocycles. The van der Waals surface area contributed by atoms with Crippen LogP contribution in [0.15, 0.2) is 48.5 Å². The van der Waals surface area contributed by atoms with Gasteiger partial charge in [0.2, 0.25) is 0 Å². The summed E-state index contributed by atoms with van der Waals surface area (Å²) >= 11 is 0. The van der Waals surface area contributed by atoms with E-state index >= 15 is 0 Å². The van der Waals surface area contributed by atoms with Gasteiger partial charge >= 0.3 is 6.61 Å². The molecule has 0 unspecified atom stereocenters. The van der Waals surface area contributed by atoms with Crippen LogP contribution in [0.5, 0.6) is 5.75 Å². The molecule has 0 aliphatic rings. The Kier molecular flexibility index (Phi) is 6.28. The van der Waals surface area contributed by atoms with E-state index in [1.807, 2.05) is 38.1 Å². The molecule has 5 heteroatoms. The minimum atomic E-state index is -2.83. The van der Waals surface area contributed by atoms with E-state index in [0.717, 1.165) is 17.5 Å². The van der Waals surface area contributed by atoms with Gasteiger partial charge in [-0.1, -0.05) is 42.0 Å². The van der Waals surface area contributed by atoms with Crippen molar-refractivity contribution in [3.05, 3.63) is 65.2 Å². The normalized spacial score (nSPS) is 13.8. The molecule has 2 aromatic carbocycles. The second kappa shape index (κ2) is 8.20. The van der Waals surface area contributed by atoms with Crippen molar-refractivity contribution in [2.45, 2.75) is 32.1 Å². The summed E-state index contributed by atoms with van der Waals surface area (Å²) in [5.74, 6) is 0.681. The average molecular weight is 338 g/mol. The molecule has 2 aromatic rings. The quantitative estimate of drug-likeness (QED) is 0.734. The number of hydrogen-bond acceptors (Lipinski definition) is 2. The van der Waals surface area contributed by atoms with Crippen molar-refractivity contribution in [3.8, 4) is 5.75 Å². The average Bonchev–Trinajstić information content (AvgIpc) is 2.53. The van der Waals surface area contributed by atoms with Gasteiger partial charge in [-0.25, -0.2) is 0 Å². The second-order valence-corrected chi connectivity index (χ2v) is 7.29. The smallest absolute Gasteiger partial charge is 0.387 e. The van der Waals surface area contributed by atoms with Crippen LogP contribution in [0.25, 0.3) is 0 Å². The minimum absolute atomic E-state index is 0.112. The summed E-state index contributed by atoms with van der Waals surface area (Å²) < 4.78 is 41.0. The molecule has 0 bridgehead atoms. The largest absolute Gasteiger partial charge is 0.435 e. The number of rotatable bonds is 7. The standard InChI is InChI=1S/C18H20F2O2S/c1-13-3-5-15(6-4-13)11-12-23(21)14(2)16-7-9-17(10-8-16)22-18(19)20/h3-10,14,18H,11-12H2,1-2H3/t14-,23+/m1/s1. The Hall–Kier alpha value is -1.75. The molecule has 0 fully saturated rings. The highest BCUT2D eigenvalue weighted by molar-refractivity contribution is 7.85. The number of hydrogen-bond donors (Lipinski definition) is 0. The summed E-state index contributed by atoms with van der Waals surface area (Å²) in [4.78, 5) is 0. The third-order valence-electron chi connectivity index (χ3n) is 3.68. The number of aryl methyl sites for hydroxylation is 2. The van der Waals surface area contributed by atoms with E-state index < -0.39 is 17.4 Å². The maximum Gasteiger partial charge on any atom is 0.387 e. The lowest BCUT2D eigenvalue weighted by atomic mass is 10.1. The van der Waals surface area contributed by atoms with Gasteiger partial charge in [-0.05, 0) is 43.5 Å². The Morgan fingerprint density at radius 1 is 1.04 bits per heavy atom. The summed E-state index contributed by atoms with van der Waals surface area (Å²) in [6.07, 6.45) is 0.754. The Balaban J connectivity index is 1.92. The van der Waals surface area contributed by atoms with Crippen LogP contribution in [-0.4, -0.2) is 16.6 Å². The Morgan fingerprint density at radius 2 is 1.65 bits per heavy atom. The van der Waals surface area contributed by atoms with E-state index in [9.17, 15) is 13.0 Å². The van der Waals surface area contributed by atoms with E-state index in [1.165, 1.54) is 17.7 Å². The van der Waals surface area contributed by atoms with Gasteiger partial charge in [0.05, 0.1) is 5.25 Å². The van der Waals surface area contributed by atoms with Crippen molar-refractivity contribution >= 4 is 10.8 Å². The SMILES string of the molecule is Cc1ccc(CC[S@](=O)[C@H](C)c2ccc(OC(F)F)cc2)cc1. The van der Waals surface area contributed by atoms with E-state index in [4.69, 9.17) is 0 Å². The molecule has 0 spiro atoms. The van der Waals surface area contributed by atoms with Gasteiger partial charge in [0, 0.05) is 16.6 Å². The molecule has 2 atom stereocenters. The molecule has 0 aromatic heterocycles. The molecule has 2 rings (SSSR count). The number of halogens is 2. The van der Waals surface area contributed by atoms with Gasteiger partial charge < -0.3 is 4.74 Å². The van der Waals surface area contributed by atoms with Crippen LogP contribution in [0.1, 0.15) is 28.9 Å². The van der Waals surface area contributed by atoms with Crippen LogP contribution in [0, 0.1) is 6.92 Å². The van der Waals surface area contributed by atoms with Crippen LogP contribution in [0.4, 0.5) is 8.78 Å². The highest BCUT2D eigenvalue weighted by atomic mass is 32.2. The summed E-state index contributed by atoms with van der Waals surface area (Å²) in [5, 5.41) is -0.152. The van der Waals surface area contributed by atoms with Crippen molar-refractivity contribution in [1.82, 2.24) is 0 Å². The van der Waals surface area contributed by atoms with Crippen LogP contribution < -0.4 is 4.74 Å². The van der Waals surface area contributed by atoms with Crippen LogP contribution in [0.2, 0.25) is 0 Å². The predicted octanol–water partition coefficient (Wildman–Crippen LogP) is 4.65. The first-order chi connectivity index (χ1) is 11.0. The maximum atomic E-state index is 12.4. The van der Waals surface area contributed by atoms with Crippen molar-refractivity contribution in [3.63, 3.8) is 0 Å². The van der Waals surface area contributed by atoms with Crippen LogP contribution >= 0.6 is 0 Å². The van der Waals surface area contributed by atoms with Gasteiger partial charge in [0.15, 0.2) is 0 Å². The first-order valence-corrected chi connectivity index (χ1v) is 8.81. The third kappa shape index (κ3) is 5.43. The zero-order valence-electron chi connectivity index (χ0n) is 13.2. The molecular formula is C18H20F2O2S.